The Labute approximate surface area is 206 Å². The molecule has 1 saturated heterocycles. The molecule has 34 heavy (non-hydrogen) atoms. The summed E-state index contributed by atoms with van der Waals surface area (Å²) in [4.78, 5) is 27.6. The van der Waals surface area contributed by atoms with Gasteiger partial charge in [0.2, 0.25) is 5.91 Å². The molecule has 3 atom stereocenters. The van der Waals surface area contributed by atoms with Crippen molar-refractivity contribution in [3.63, 3.8) is 0 Å². The third-order valence-corrected chi connectivity index (χ3v) is 7.17. The lowest BCUT2D eigenvalue weighted by atomic mass is 9.99. The molecule has 0 unspecified atom stereocenters. The fourth-order valence-corrected chi connectivity index (χ4v) is 4.91. The Morgan fingerprint density at radius 3 is 2.82 bits per heavy atom. The summed E-state index contributed by atoms with van der Waals surface area (Å²) in [7, 11) is 1.38. The van der Waals surface area contributed by atoms with Crippen LogP contribution in [0, 0.1) is 17.8 Å². The zero-order chi connectivity index (χ0) is 24.3. The highest BCUT2D eigenvalue weighted by atomic mass is 32.1. The number of carbonyl (C=O) groups excluding carboxylic acids is 2. The average molecular weight is 480 g/mol. The number of rotatable bonds is 10. The highest BCUT2D eigenvalue weighted by molar-refractivity contribution is 7.13. The quantitative estimate of drug-likeness (QED) is 0.306. The number of benzene rings is 1. The molecule has 6 heteroatoms. The number of esters is 1. The van der Waals surface area contributed by atoms with E-state index in [0.29, 0.717) is 30.7 Å². The maximum Gasteiger partial charge on any atom is 0.348 e. The van der Waals surface area contributed by atoms with Gasteiger partial charge >= 0.3 is 5.97 Å². The first-order valence-corrected chi connectivity index (χ1v) is 12.6. The lowest BCUT2D eigenvalue weighted by Gasteiger charge is -2.23. The van der Waals surface area contributed by atoms with E-state index in [0.717, 1.165) is 24.1 Å². The third kappa shape index (κ3) is 7.58. The Morgan fingerprint density at radius 2 is 2.06 bits per heavy atom. The highest BCUT2D eigenvalue weighted by Gasteiger charge is 2.28. The number of amides is 1. The smallest absolute Gasteiger partial charge is 0.348 e. The van der Waals surface area contributed by atoms with Crippen molar-refractivity contribution in [1.29, 1.82) is 0 Å². The number of thiophene rings is 1. The van der Waals surface area contributed by atoms with Crippen LogP contribution in [0.5, 0.6) is 0 Å². The second kappa shape index (κ2) is 13.1. The summed E-state index contributed by atoms with van der Waals surface area (Å²) in [5.74, 6) is 6.23. The first kappa shape index (κ1) is 25.7. The number of methoxy groups -OCH3 is 1. The molecule has 1 aromatic heterocycles. The Kier molecular flexibility index (Phi) is 9.93. The van der Waals surface area contributed by atoms with E-state index in [4.69, 9.17) is 4.74 Å². The van der Waals surface area contributed by atoms with Crippen molar-refractivity contribution in [1.82, 2.24) is 4.90 Å². The van der Waals surface area contributed by atoms with Gasteiger partial charge in [0.1, 0.15) is 4.88 Å². The third-order valence-electron chi connectivity index (χ3n) is 6.04. The largest absolute Gasteiger partial charge is 0.465 e. The van der Waals surface area contributed by atoms with Crippen LogP contribution >= 0.6 is 11.3 Å². The van der Waals surface area contributed by atoms with E-state index < -0.39 is 6.10 Å². The van der Waals surface area contributed by atoms with E-state index in [1.807, 2.05) is 48.2 Å². The van der Waals surface area contributed by atoms with Crippen LogP contribution in [0.1, 0.15) is 52.7 Å². The minimum Gasteiger partial charge on any atom is -0.465 e. The second-order valence-electron chi connectivity index (χ2n) is 8.63. The number of aliphatic hydroxyl groups is 1. The molecule has 1 aromatic carbocycles. The fourth-order valence-electron chi connectivity index (χ4n) is 3.94. The van der Waals surface area contributed by atoms with Gasteiger partial charge in [-0.05, 0) is 42.9 Å². The number of aryl methyl sites for hydroxylation is 1. The van der Waals surface area contributed by atoms with Gasteiger partial charge in [0, 0.05) is 30.7 Å². The van der Waals surface area contributed by atoms with Gasteiger partial charge in [-0.25, -0.2) is 4.79 Å². The van der Waals surface area contributed by atoms with Crippen LogP contribution in [0.15, 0.2) is 54.6 Å². The summed E-state index contributed by atoms with van der Waals surface area (Å²) in [6.45, 7) is 2.66. The number of hydrogen-bond acceptors (Lipinski definition) is 5. The number of aliphatic hydroxyl groups excluding tert-OH is 1. The van der Waals surface area contributed by atoms with Crippen molar-refractivity contribution in [3.8, 4) is 11.8 Å². The standard InChI is InChI=1S/C28H33NO4S/c1-21(9-6-7-12-22-10-4-3-5-11-22)25(30)17-14-23-15-19-27(31)29(23)20-8-13-24-16-18-26(34-24)28(32)33-2/h3-5,10-11,14,16-18,21,23,25,30H,8-9,12-13,15,19-20H2,1-2H3/t21-,23-,25+/m0/s1. The fraction of sp³-hybridized carbons (Fsp3) is 0.429. The molecule has 1 aliphatic heterocycles. The molecule has 0 saturated carbocycles. The number of hydrogen-bond donors (Lipinski definition) is 1. The van der Waals surface area contributed by atoms with Crippen molar-refractivity contribution in [3.05, 3.63) is 69.9 Å². The summed E-state index contributed by atoms with van der Waals surface area (Å²) < 4.78 is 4.76. The summed E-state index contributed by atoms with van der Waals surface area (Å²) in [6.07, 6.45) is 7.50. The molecule has 0 radical (unpaired) electrons. The lowest BCUT2D eigenvalue weighted by molar-refractivity contribution is -0.128. The van der Waals surface area contributed by atoms with E-state index in [1.54, 1.807) is 6.07 Å². The molecule has 1 fully saturated rings. The molecule has 1 amide bonds. The monoisotopic (exact) mass is 479 g/mol. The van der Waals surface area contributed by atoms with Crippen LogP contribution in [-0.4, -0.2) is 47.7 Å². The van der Waals surface area contributed by atoms with Gasteiger partial charge in [-0.3, -0.25) is 4.79 Å². The average Bonchev–Trinajstić information content (AvgIpc) is 3.47. The molecule has 1 aliphatic rings. The first-order valence-electron chi connectivity index (χ1n) is 11.8. The van der Waals surface area contributed by atoms with Gasteiger partial charge in [-0.15, -0.1) is 17.3 Å². The van der Waals surface area contributed by atoms with Crippen LogP contribution in [-0.2, 0) is 22.4 Å². The highest BCUT2D eigenvalue weighted by Crippen LogP contribution is 2.23. The van der Waals surface area contributed by atoms with Crippen LogP contribution in [0.25, 0.3) is 0 Å². The van der Waals surface area contributed by atoms with Crippen molar-refractivity contribution >= 4 is 23.2 Å². The predicted octanol–water partition coefficient (Wildman–Crippen LogP) is 4.65. The molecule has 3 rings (SSSR count). The van der Waals surface area contributed by atoms with E-state index >= 15 is 0 Å². The normalized spacial score (nSPS) is 17.4. The van der Waals surface area contributed by atoms with E-state index in [-0.39, 0.29) is 23.8 Å². The summed E-state index contributed by atoms with van der Waals surface area (Å²) in [6, 6.07) is 13.9. The predicted molar refractivity (Wildman–Crippen MR) is 136 cm³/mol. The SMILES string of the molecule is COC(=O)c1ccc(CCCN2C(=O)CC[C@@H]2C=C[C@@H](O)[C@@H](C)CC#CCc2ccccc2)s1. The van der Waals surface area contributed by atoms with Crippen LogP contribution in [0.4, 0.5) is 0 Å². The number of likely N-dealkylation sites (tertiary alicyclic amines) is 1. The van der Waals surface area contributed by atoms with Gasteiger partial charge in [-0.1, -0.05) is 55.3 Å². The zero-order valence-corrected chi connectivity index (χ0v) is 20.7. The van der Waals surface area contributed by atoms with Gasteiger partial charge in [0.25, 0.3) is 0 Å². The molecular formula is C28H33NO4S. The van der Waals surface area contributed by atoms with Gasteiger partial charge in [0.05, 0.1) is 19.3 Å². The summed E-state index contributed by atoms with van der Waals surface area (Å²) in [5, 5.41) is 10.5. The molecule has 180 valence electrons. The molecular weight excluding hydrogens is 446 g/mol. The zero-order valence-electron chi connectivity index (χ0n) is 19.9. The molecule has 2 heterocycles. The van der Waals surface area contributed by atoms with E-state index in [9.17, 15) is 14.7 Å². The van der Waals surface area contributed by atoms with Crippen molar-refractivity contribution in [2.24, 2.45) is 5.92 Å². The molecule has 0 bridgehead atoms. The van der Waals surface area contributed by atoms with Gasteiger partial charge < -0.3 is 14.7 Å². The first-order chi connectivity index (χ1) is 16.5. The van der Waals surface area contributed by atoms with Crippen LogP contribution in [0.3, 0.4) is 0 Å². The van der Waals surface area contributed by atoms with Crippen molar-refractivity contribution in [2.75, 3.05) is 13.7 Å². The summed E-state index contributed by atoms with van der Waals surface area (Å²) >= 11 is 1.44. The molecule has 0 spiro atoms. The second-order valence-corrected chi connectivity index (χ2v) is 9.80. The topological polar surface area (TPSA) is 66.8 Å². The maximum atomic E-state index is 12.4. The number of nitrogens with zero attached hydrogens (tertiary/aromatic N) is 1. The minimum atomic E-state index is -0.591. The van der Waals surface area contributed by atoms with Crippen molar-refractivity contribution in [2.45, 2.75) is 57.6 Å². The Bertz CT molecular complexity index is 1030. The molecule has 0 aliphatic carbocycles. The van der Waals surface area contributed by atoms with Gasteiger partial charge in [-0.2, -0.15) is 0 Å². The number of carbonyl (C=O) groups is 2. The van der Waals surface area contributed by atoms with E-state index in [2.05, 4.69) is 24.0 Å². The summed E-state index contributed by atoms with van der Waals surface area (Å²) in [5.41, 5.74) is 1.19. The molecule has 1 N–H and O–H groups in total. The van der Waals surface area contributed by atoms with Crippen molar-refractivity contribution < 1.29 is 19.4 Å². The molecule has 2 aromatic rings. The minimum absolute atomic E-state index is 0.0208. The Morgan fingerprint density at radius 1 is 1.26 bits per heavy atom. The van der Waals surface area contributed by atoms with Crippen LogP contribution in [0.2, 0.25) is 0 Å². The number of ether oxygens (including phenoxy) is 1. The lowest BCUT2D eigenvalue weighted by Crippen LogP contribution is -2.33. The Balaban J connectivity index is 1.44. The maximum absolute atomic E-state index is 12.4. The Hall–Kier alpha value is -2.88. The van der Waals surface area contributed by atoms with Gasteiger partial charge in [0.15, 0.2) is 0 Å². The molecule has 5 nitrogen and oxygen atoms in total. The van der Waals surface area contributed by atoms with E-state index in [1.165, 1.54) is 24.0 Å². The van der Waals surface area contributed by atoms with Crippen LogP contribution < -0.4 is 0 Å².